The maximum absolute atomic E-state index is 5.25. The van der Waals surface area contributed by atoms with E-state index in [1.165, 1.54) is 0 Å². The second-order valence-electron chi connectivity index (χ2n) is 4.18. The highest BCUT2D eigenvalue weighted by molar-refractivity contribution is 5.57. The molecule has 2 N–H and O–H groups in total. The Balaban J connectivity index is 2.11. The number of aromatic amines is 1. The molecule has 2 rings (SSSR count). The lowest BCUT2D eigenvalue weighted by atomic mass is 10.2. The quantitative estimate of drug-likeness (QED) is 0.830. The summed E-state index contributed by atoms with van der Waals surface area (Å²) in [4.78, 5) is 7.62. The molecule has 0 saturated heterocycles. The number of nitrogens with zero attached hydrogens (tertiary/aromatic N) is 1. The molecule has 86 valence electrons. The molecule has 2 aromatic rings. The van der Waals surface area contributed by atoms with E-state index in [9.17, 15) is 0 Å². The van der Waals surface area contributed by atoms with Crippen molar-refractivity contribution in [2.45, 2.75) is 33.4 Å². The van der Waals surface area contributed by atoms with E-state index in [2.05, 4.69) is 29.1 Å². The molecule has 0 saturated carbocycles. The molecule has 0 aliphatic rings. The van der Waals surface area contributed by atoms with Crippen molar-refractivity contribution in [3.05, 3.63) is 30.0 Å². The predicted molar refractivity (Wildman–Crippen MR) is 63.0 cm³/mol. The van der Waals surface area contributed by atoms with Crippen LogP contribution >= 0.6 is 0 Å². The Labute approximate surface area is 95.1 Å². The minimum absolute atomic E-state index is 0.474. The number of furan rings is 1. The summed E-state index contributed by atoms with van der Waals surface area (Å²) in [5.74, 6) is 1.75. The van der Waals surface area contributed by atoms with Crippen molar-refractivity contribution in [3.8, 4) is 11.4 Å². The molecule has 0 amide bonds. The van der Waals surface area contributed by atoms with Crippen LogP contribution in [0.2, 0.25) is 0 Å². The van der Waals surface area contributed by atoms with Crippen LogP contribution < -0.4 is 5.32 Å². The average Bonchev–Trinajstić information content (AvgIpc) is 2.83. The van der Waals surface area contributed by atoms with Crippen molar-refractivity contribution < 1.29 is 4.42 Å². The van der Waals surface area contributed by atoms with E-state index in [1.807, 2.05) is 19.2 Å². The Bertz CT molecular complexity index is 456. The van der Waals surface area contributed by atoms with Gasteiger partial charge in [-0.2, -0.15) is 0 Å². The number of hydrogen-bond acceptors (Lipinski definition) is 3. The van der Waals surface area contributed by atoms with Crippen LogP contribution in [0, 0.1) is 6.92 Å². The Morgan fingerprint density at radius 3 is 2.94 bits per heavy atom. The zero-order valence-corrected chi connectivity index (χ0v) is 9.87. The second kappa shape index (κ2) is 4.53. The van der Waals surface area contributed by atoms with Crippen LogP contribution in [-0.4, -0.2) is 16.0 Å². The summed E-state index contributed by atoms with van der Waals surface area (Å²) < 4.78 is 5.25. The minimum atomic E-state index is 0.474. The predicted octanol–water partition coefficient (Wildman–Crippen LogP) is 2.48. The van der Waals surface area contributed by atoms with Gasteiger partial charge in [0.15, 0.2) is 0 Å². The van der Waals surface area contributed by atoms with Crippen LogP contribution in [0.15, 0.2) is 22.9 Å². The molecule has 2 heterocycles. The zero-order chi connectivity index (χ0) is 11.5. The average molecular weight is 219 g/mol. The van der Waals surface area contributed by atoms with Crippen LogP contribution in [0.5, 0.6) is 0 Å². The summed E-state index contributed by atoms with van der Waals surface area (Å²) in [6.45, 7) is 6.99. The molecule has 0 aliphatic heterocycles. The van der Waals surface area contributed by atoms with Crippen LogP contribution in [0.1, 0.15) is 25.3 Å². The topological polar surface area (TPSA) is 53.9 Å². The van der Waals surface area contributed by atoms with E-state index < -0.39 is 0 Å². The van der Waals surface area contributed by atoms with Crippen molar-refractivity contribution >= 4 is 0 Å². The monoisotopic (exact) mass is 219 g/mol. The van der Waals surface area contributed by atoms with E-state index in [0.29, 0.717) is 6.04 Å². The molecule has 4 nitrogen and oxygen atoms in total. The van der Waals surface area contributed by atoms with Crippen molar-refractivity contribution in [2.24, 2.45) is 0 Å². The first kappa shape index (κ1) is 11.0. The fourth-order valence-corrected chi connectivity index (χ4v) is 1.53. The Hall–Kier alpha value is -1.55. The SMILES string of the molecule is Cc1occc1-c1ncc(CNC(C)C)[nH]1. The van der Waals surface area contributed by atoms with E-state index in [1.54, 1.807) is 6.26 Å². The highest BCUT2D eigenvalue weighted by atomic mass is 16.3. The number of nitrogens with one attached hydrogen (secondary N) is 2. The third kappa shape index (κ3) is 2.33. The van der Waals surface area contributed by atoms with Crippen molar-refractivity contribution in [1.29, 1.82) is 0 Å². The van der Waals surface area contributed by atoms with Gasteiger partial charge in [0.05, 0.1) is 11.8 Å². The maximum Gasteiger partial charge on any atom is 0.141 e. The molecule has 0 radical (unpaired) electrons. The van der Waals surface area contributed by atoms with E-state index in [4.69, 9.17) is 4.42 Å². The molecule has 0 aliphatic carbocycles. The first-order valence-corrected chi connectivity index (χ1v) is 5.48. The summed E-state index contributed by atoms with van der Waals surface area (Å²) >= 11 is 0. The van der Waals surface area contributed by atoms with E-state index in [-0.39, 0.29) is 0 Å². The van der Waals surface area contributed by atoms with Gasteiger partial charge in [-0.3, -0.25) is 0 Å². The van der Waals surface area contributed by atoms with Crippen LogP contribution in [-0.2, 0) is 6.54 Å². The van der Waals surface area contributed by atoms with Crippen molar-refractivity contribution in [2.75, 3.05) is 0 Å². The summed E-state index contributed by atoms with van der Waals surface area (Å²) in [5, 5.41) is 3.34. The Morgan fingerprint density at radius 2 is 2.31 bits per heavy atom. The summed E-state index contributed by atoms with van der Waals surface area (Å²) in [5.41, 5.74) is 2.11. The fraction of sp³-hybridized carbons (Fsp3) is 0.417. The first-order valence-electron chi connectivity index (χ1n) is 5.48. The molecule has 0 fully saturated rings. The standard InChI is InChI=1S/C12H17N3O/c1-8(2)13-6-10-7-14-12(15-10)11-4-5-16-9(11)3/h4-5,7-8,13H,6H2,1-3H3,(H,14,15). The highest BCUT2D eigenvalue weighted by Crippen LogP contribution is 2.20. The minimum Gasteiger partial charge on any atom is -0.469 e. The number of imidazole rings is 1. The smallest absolute Gasteiger partial charge is 0.141 e. The lowest BCUT2D eigenvalue weighted by Crippen LogP contribution is -2.21. The fourth-order valence-electron chi connectivity index (χ4n) is 1.53. The van der Waals surface area contributed by atoms with Gasteiger partial charge in [-0.15, -0.1) is 0 Å². The number of aromatic nitrogens is 2. The normalized spacial score (nSPS) is 11.2. The Kier molecular flexibility index (Phi) is 3.10. The van der Waals surface area contributed by atoms with Gasteiger partial charge in [0.2, 0.25) is 0 Å². The van der Waals surface area contributed by atoms with Crippen molar-refractivity contribution in [3.63, 3.8) is 0 Å². The highest BCUT2D eigenvalue weighted by Gasteiger charge is 2.08. The molecule has 0 aromatic carbocycles. The lowest BCUT2D eigenvalue weighted by Gasteiger charge is -2.05. The number of aryl methyl sites for hydroxylation is 1. The summed E-state index contributed by atoms with van der Waals surface area (Å²) in [6, 6.07) is 2.40. The van der Waals surface area contributed by atoms with Crippen molar-refractivity contribution in [1.82, 2.24) is 15.3 Å². The molecule has 0 unspecified atom stereocenters. The van der Waals surface area contributed by atoms with Crippen LogP contribution in [0.4, 0.5) is 0 Å². The summed E-state index contributed by atoms with van der Waals surface area (Å²) in [6.07, 6.45) is 3.54. The molecular formula is C12H17N3O. The zero-order valence-electron chi connectivity index (χ0n) is 9.87. The van der Waals surface area contributed by atoms with Gasteiger partial charge in [-0.25, -0.2) is 4.98 Å². The third-order valence-corrected chi connectivity index (χ3v) is 2.44. The van der Waals surface area contributed by atoms with Gasteiger partial charge in [0.25, 0.3) is 0 Å². The van der Waals surface area contributed by atoms with Crippen LogP contribution in [0.25, 0.3) is 11.4 Å². The maximum atomic E-state index is 5.25. The first-order chi connectivity index (χ1) is 7.66. The van der Waals surface area contributed by atoms with Gasteiger partial charge >= 0.3 is 0 Å². The molecule has 2 aromatic heterocycles. The number of rotatable bonds is 4. The van der Waals surface area contributed by atoms with E-state index >= 15 is 0 Å². The lowest BCUT2D eigenvalue weighted by molar-refractivity contribution is 0.535. The van der Waals surface area contributed by atoms with Crippen LogP contribution in [0.3, 0.4) is 0 Å². The Morgan fingerprint density at radius 1 is 1.50 bits per heavy atom. The third-order valence-electron chi connectivity index (χ3n) is 2.44. The summed E-state index contributed by atoms with van der Waals surface area (Å²) in [7, 11) is 0. The molecular weight excluding hydrogens is 202 g/mol. The number of hydrogen-bond donors (Lipinski definition) is 2. The second-order valence-corrected chi connectivity index (χ2v) is 4.18. The molecule has 4 heteroatoms. The van der Waals surface area contributed by atoms with Gasteiger partial charge < -0.3 is 14.7 Å². The van der Waals surface area contributed by atoms with Gasteiger partial charge in [-0.1, -0.05) is 13.8 Å². The number of H-pyrrole nitrogens is 1. The van der Waals surface area contributed by atoms with Gasteiger partial charge in [0.1, 0.15) is 11.6 Å². The van der Waals surface area contributed by atoms with E-state index in [0.717, 1.165) is 29.4 Å². The van der Waals surface area contributed by atoms with Gasteiger partial charge in [0, 0.05) is 24.5 Å². The molecule has 0 atom stereocenters. The van der Waals surface area contributed by atoms with Gasteiger partial charge in [-0.05, 0) is 13.0 Å². The molecule has 0 bridgehead atoms. The largest absolute Gasteiger partial charge is 0.469 e. The molecule has 0 spiro atoms. The molecule has 16 heavy (non-hydrogen) atoms.